The number of hydrogen-bond acceptors (Lipinski definition) is 2. The van der Waals surface area contributed by atoms with E-state index in [1.807, 2.05) is 12.3 Å². The number of aromatic nitrogens is 2. The third-order valence-electron chi connectivity index (χ3n) is 3.33. The van der Waals surface area contributed by atoms with E-state index in [0.717, 1.165) is 5.69 Å². The van der Waals surface area contributed by atoms with Crippen molar-refractivity contribution in [3.05, 3.63) is 18.0 Å². The minimum absolute atomic E-state index is 0.497. The second kappa shape index (κ2) is 2.50. The van der Waals surface area contributed by atoms with Crippen LogP contribution in [-0.2, 0) is 0 Å². The number of carbonyl (C=O) groups is 1. The summed E-state index contributed by atoms with van der Waals surface area (Å²) in [6.07, 6.45) is 1.02. The minimum Gasteiger partial charge on any atom is -0.465 e. The van der Waals surface area contributed by atoms with Gasteiger partial charge >= 0.3 is 6.09 Å². The van der Waals surface area contributed by atoms with Gasteiger partial charge in [0.25, 0.3) is 0 Å². The zero-order chi connectivity index (χ0) is 9.71. The average molecular weight is 193 g/mol. The fraction of sp³-hybridized carbons (Fsp3) is 0.556. The molecule has 0 radical (unpaired) electrons. The van der Waals surface area contributed by atoms with Gasteiger partial charge in [-0.25, -0.2) is 4.79 Å². The standard InChI is InChI=1S/C9H11N3O2/c13-9(14)12-3-5-6(4-12)8(5)7-1-2-10-11-7/h1-2,5-6,8H,3-4H2,(H,10,11)(H,13,14)/t5-,6+,8+. The highest BCUT2D eigenvalue weighted by atomic mass is 16.4. The Labute approximate surface area is 80.7 Å². The van der Waals surface area contributed by atoms with Crippen molar-refractivity contribution >= 4 is 6.09 Å². The maximum Gasteiger partial charge on any atom is 0.407 e. The van der Waals surface area contributed by atoms with Crippen molar-refractivity contribution in [2.45, 2.75) is 5.92 Å². The molecule has 1 aliphatic carbocycles. The Morgan fingerprint density at radius 3 is 2.79 bits per heavy atom. The Bertz CT molecular complexity index is 350. The van der Waals surface area contributed by atoms with Crippen molar-refractivity contribution in [1.29, 1.82) is 0 Å². The molecule has 1 saturated heterocycles. The second-order valence-electron chi connectivity index (χ2n) is 4.04. The van der Waals surface area contributed by atoms with Crippen LogP contribution in [0, 0.1) is 11.8 Å². The number of hydrogen-bond donors (Lipinski definition) is 2. The smallest absolute Gasteiger partial charge is 0.407 e. The molecule has 0 unspecified atom stereocenters. The third kappa shape index (κ3) is 0.950. The molecule has 1 aromatic heterocycles. The number of nitrogens with one attached hydrogen (secondary N) is 1. The maximum absolute atomic E-state index is 10.7. The highest BCUT2D eigenvalue weighted by Crippen LogP contribution is 2.57. The molecular weight excluding hydrogens is 182 g/mol. The molecular formula is C9H11N3O2. The molecule has 5 nitrogen and oxygen atoms in total. The first-order valence-corrected chi connectivity index (χ1v) is 4.75. The zero-order valence-electron chi connectivity index (χ0n) is 7.55. The topological polar surface area (TPSA) is 69.2 Å². The summed E-state index contributed by atoms with van der Waals surface area (Å²) in [6, 6.07) is 1.98. The predicted octanol–water partition coefficient (Wildman–Crippen LogP) is 0.733. The summed E-state index contributed by atoms with van der Waals surface area (Å²) in [5, 5.41) is 15.7. The summed E-state index contributed by atoms with van der Waals surface area (Å²) in [4.78, 5) is 12.2. The van der Waals surface area contributed by atoms with Crippen LogP contribution in [0.2, 0.25) is 0 Å². The fourth-order valence-electron chi connectivity index (χ4n) is 2.58. The van der Waals surface area contributed by atoms with E-state index < -0.39 is 6.09 Å². The van der Waals surface area contributed by atoms with E-state index in [9.17, 15) is 4.79 Å². The number of aromatic amines is 1. The van der Waals surface area contributed by atoms with Crippen LogP contribution >= 0.6 is 0 Å². The van der Waals surface area contributed by atoms with Crippen molar-refractivity contribution in [3.8, 4) is 0 Å². The summed E-state index contributed by atoms with van der Waals surface area (Å²) < 4.78 is 0. The fourth-order valence-corrected chi connectivity index (χ4v) is 2.58. The number of piperidine rings is 1. The summed E-state index contributed by atoms with van der Waals surface area (Å²) in [7, 11) is 0. The number of likely N-dealkylation sites (tertiary alicyclic amines) is 1. The van der Waals surface area contributed by atoms with Crippen LogP contribution in [0.5, 0.6) is 0 Å². The number of carboxylic acid groups (broad SMARTS) is 1. The molecule has 5 heteroatoms. The number of rotatable bonds is 1. The first-order chi connectivity index (χ1) is 6.77. The minimum atomic E-state index is -0.794. The molecule has 1 amide bonds. The summed E-state index contributed by atoms with van der Waals surface area (Å²) in [5.41, 5.74) is 1.09. The maximum atomic E-state index is 10.7. The van der Waals surface area contributed by atoms with Crippen molar-refractivity contribution < 1.29 is 9.90 Å². The van der Waals surface area contributed by atoms with E-state index in [2.05, 4.69) is 10.2 Å². The second-order valence-corrected chi connectivity index (χ2v) is 4.04. The highest BCUT2D eigenvalue weighted by molar-refractivity contribution is 5.66. The molecule has 3 rings (SSSR count). The van der Waals surface area contributed by atoms with Crippen LogP contribution in [0.4, 0.5) is 4.79 Å². The molecule has 14 heavy (non-hydrogen) atoms. The van der Waals surface area contributed by atoms with Crippen LogP contribution in [0.3, 0.4) is 0 Å². The summed E-state index contributed by atoms with van der Waals surface area (Å²) >= 11 is 0. The van der Waals surface area contributed by atoms with Crippen LogP contribution < -0.4 is 0 Å². The SMILES string of the molecule is O=C(O)N1C[C@@H]2[C@H](C1)[C@H]2c1cc[nH]n1. The quantitative estimate of drug-likeness (QED) is 0.690. The van der Waals surface area contributed by atoms with E-state index in [4.69, 9.17) is 5.11 Å². The zero-order valence-corrected chi connectivity index (χ0v) is 7.55. The molecule has 2 heterocycles. The van der Waals surface area contributed by atoms with Gasteiger partial charge in [-0.05, 0) is 17.9 Å². The lowest BCUT2D eigenvalue weighted by Gasteiger charge is -2.14. The third-order valence-corrected chi connectivity index (χ3v) is 3.33. The van der Waals surface area contributed by atoms with Gasteiger partial charge in [-0.15, -0.1) is 0 Å². The number of nitrogens with zero attached hydrogens (tertiary/aromatic N) is 2. The van der Waals surface area contributed by atoms with E-state index in [1.54, 1.807) is 0 Å². The number of fused-ring (bicyclic) bond motifs is 1. The Hall–Kier alpha value is -1.52. The van der Waals surface area contributed by atoms with Crippen LogP contribution in [0.1, 0.15) is 11.6 Å². The first kappa shape index (κ1) is 7.84. The van der Waals surface area contributed by atoms with Gasteiger partial charge in [-0.3, -0.25) is 5.10 Å². The first-order valence-electron chi connectivity index (χ1n) is 4.75. The van der Waals surface area contributed by atoms with Crippen LogP contribution in [-0.4, -0.2) is 39.4 Å². The van der Waals surface area contributed by atoms with Gasteiger partial charge in [0.1, 0.15) is 0 Å². The Morgan fingerprint density at radius 1 is 1.57 bits per heavy atom. The van der Waals surface area contributed by atoms with Gasteiger partial charge in [0.15, 0.2) is 0 Å². The molecule has 1 saturated carbocycles. The molecule has 1 aromatic rings. The predicted molar refractivity (Wildman–Crippen MR) is 47.9 cm³/mol. The molecule has 2 aliphatic rings. The lowest BCUT2D eigenvalue weighted by molar-refractivity contribution is 0.150. The monoisotopic (exact) mass is 193 g/mol. The number of H-pyrrole nitrogens is 1. The van der Waals surface area contributed by atoms with Crippen molar-refractivity contribution in [1.82, 2.24) is 15.1 Å². The van der Waals surface area contributed by atoms with Crippen molar-refractivity contribution in [2.24, 2.45) is 11.8 Å². The largest absolute Gasteiger partial charge is 0.465 e. The molecule has 2 fully saturated rings. The van der Waals surface area contributed by atoms with E-state index in [0.29, 0.717) is 30.8 Å². The summed E-state index contributed by atoms with van der Waals surface area (Å²) in [6.45, 7) is 1.36. The lowest BCUT2D eigenvalue weighted by atomic mass is 10.2. The van der Waals surface area contributed by atoms with Crippen LogP contribution in [0.25, 0.3) is 0 Å². The molecule has 2 N–H and O–H groups in total. The molecule has 1 aliphatic heterocycles. The Morgan fingerprint density at radius 2 is 2.29 bits per heavy atom. The molecule has 0 bridgehead atoms. The van der Waals surface area contributed by atoms with E-state index >= 15 is 0 Å². The molecule has 3 atom stereocenters. The molecule has 0 spiro atoms. The van der Waals surface area contributed by atoms with Gasteiger partial charge in [0.05, 0.1) is 5.69 Å². The van der Waals surface area contributed by atoms with Crippen molar-refractivity contribution in [3.63, 3.8) is 0 Å². The van der Waals surface area contributed by atoms with Gasteiger partial charge in [-0.2, -0.15) is 5.10 Å². The van der Waals surface area contributed by atoms with Gasteiger partial charge in [-0.1, -0.05) is 0 Å². The highest BCUT2D eigenvalue weighted by Gasteiger charge is 2.58. The van der Waals surface area contributed by atoms with E-state index in [-0.39, 0.29) is 0 Å². The van der Waals surface area contributed by atoms with Gasteiger partial charge in [0.2, 0.25) is 0 Å². The summed E-state index contributed by atoms with van der Waals surface area (Å²) in [5.74, 6) is 1.51. The van der Waals surface area contributed by atoms with Gasteiger partial charge < -0.3 is 10.0 Å². The Balaban J connectivity index is 1.70. The van der Waals surface area contributed by atoms with Crippen LogP contribution in [0.15, 0.2) is 12.3 Å². The Kier molecular flexibility index (Phi) is 1.40. The average Bonchev–Trinajstić information content (AvgIpc) is 2.66. The number of amides is 1. The van der Waals surface area contributed by atoms with Gasteiger partial charge in [0, 0.05) is 25.2 Å². The molecule has 0 aromatic carbocycles. The normalized spacial score (nSPS) is 34.3. The lowest BCUT2D eigenvalue weighted by Crippen LogP contribution is -2.29. The van der Waals surface area contributed by atoms with E-state index in [1.165, 1.54) is 4.90 Å². The molecule has 74 valence electrons. The van der Waals surface area contributed by atoms with Crippen molar-refractivity contribution in [2.75, 3.05) is 13.1 Å².